The minimum Gasteiger partial charge on any atom is -0.342 e. The van der Waals surface area contributed by atoms with Crippen LogP contribution in [0.5, 0.6) is 0 Å². The molecule has 0 aromatic rings. The molecule has 1 saturated heterocycles. The SMILES string of the molecule is C=C(/C=C1\C(=C)N(C(C)=O)C(C)CN1C(=C)C1CC1)C1C2=C3CCC(=C1CC2)C3S(C)(=O)=O. The smallest absolute Gasteiger partial charge is 0.224 e. The summed E-state index contributed by atoms with van der Waals surface area (Å²) in [7, 11) is -3.16. The van der Waals surface area contributed by atoms with E-state index in [4.69, 9.17) is 0 Å². The molecule has 4 aliphatic carbocycles. The monoisotopic (exact) mass is 466 g/mol. The van der Waals surface area contributed by atoms with Crippen LogP contribution in [-0.4, -0.2) is 48.2 Å². The summed E-state index contributed by atoms with van der Waals surface area (Å²) in [6.07, 6.45) is 9.30. The van der Waals surface area contributed by atoms with E-state index < -0.39 is 15.1 Å². The van der Waals surface area contributed by atoms with Crippen LogP contribution in [0, 0.1) is 11.8 Å². The van der Waals surface area contributed by atoms with Gasteiger partial charge in [0.1, 0.15) is 5.25 Å². The quantitative estimate of drug-likeness (QED) is 0.554. The molecule has 0 aromatic heterocycles. The first-order chi connectivity index (χ1) is 15.5. The number of piperazine rings is 1. The second-order valence-electron chi connectivity index (χ2n) is 10.4. The van der Waals surface area contributed by atoms with Gasteiger partial charge in [0.05, 0.1) is 17.4 Å². The molecule has 33 heavy (non-hydrogen) atoms. The number of hydrogen-bond donors (Lipinski definition) is 0. The first kappa shape index (κ1) is 22.5. The molecule has 5 aliphatic rings. The summed E-state index contributed by atoms with van der Waals surface area (Å²) < 4.78 is 25.1. The highest BCUT2D eigenvalue weighted by Gasteiger charge is 2.47. The zero-order valence-electron chi connectivity index (χ0n) is 20.0. The van der Waals surface area contributed by atoms with Crippen molar-refractivity contribution in [3.05, 3.63) is 70.8 Å². The van der Waals surface area contributed by atoms with Crippen LogP contribution < -0.4 is 0 Å². The molecule has 0 spiro atoms. The Bertz CT molecular complexity index is 1170. The zero-order valence-corrected chi connectivity index (χ0v) is 20.8. The van der Waals surface area contributed by atoms with E-state index in [1.807, 2.05) is 0 Å². The lowest BCUT2D eigenvalue weighted by Crippen LogP contribution is -2.50. The second kappa shape index (κ2) is 7.59. The van der Waals surface area contributed by atoms with Crippen molar-refractivity contribution >= 4 is 15.7 Å². The summed E-state index contributed by atoms with van der Waals surface area (Å²) in [4.78, 5) is 16.4. The third-order valence-electron chi connectivity index (χ3n) is 8.10. The van der Waals surface area contributed by atoms with Crippen LogP contribution in [0.4, 0.5) is 0 Å². The summed E-state index contributed by atoms with van der Waals surface area (Å²) in [5.74, 6) is 0.567. The maximum absolute atomic E-state index is 12.6. The van der Waals surface area contributed by atoms with E-state index in [1.165, 1.54) is 17.4 Å². The highest BCUT2D eigenvalue weighted by molar-refractivity contribution is 7.91. The molecule has 5 rings (SSSR count). The fourth-order valence-electron chi connectivity index (χ4n) is 6.64. The van der Waals surface area contributed by atoms with Crippen LogP contribution in [0.25, 0.3) is 0 Å². The van der Waals surface area contributed by atoms with Gasteiger partial charge in [0.2, 0.25) is 5.91 Å². The molecule has 176 valence electrons. The highest BCUT2D eigenvalue weighted by atomic mass is 32.2. The van der Waals surface area contributed by atoms with E-state index in [0.29, 0.717) is 18.2 Å². The van der Waals surface area contributed by atoms with Crippen LogP contribution >= 0.6 is 0 Å². The molecule has 1 amide bonds. The molecule has 3 saturated carbocycles. The summed E-state index contributed by atoms with van der Waals surface area (Å²) in [6.45, 7) is 17.5. The van der Waals surface area contributed by atoms with Gasteiger partial charge in [0.25, 0.3) is 0 Å². The van der Waals surface area contributed by atoms with Gasteiger partial charge in [-0.15, -0.1) is 0 Å². The Hall–Kier alpha value is -2.34. The van der Waals surface area contributed by atoms with E-state index in [1.54, 1.807) is 11.8 Å². The number of rotatable bonds is 5. The van der Waals surface area contributed by atoms with E-state index in [-0.39, 0.29) is 17.9 Å². The standard InChI is InChI=1S/C27H34N2O3S/c1-15(26-21-9-10-22(26)24-12-11-23(21)27(24)33(6,31)32)13-25-18(4)29(19(5)30)16(2)14-28(25)17(3)20-7-8-20/h13,16,20,26-27H,1,3-4,7-12,14H2,2,5-6H3/b25-13+. The molecule has 4 bridgehead atoms. The predicted octanol–water partition coefficient (Wildman–Crippen LogP) is 4.64. The molecule has 1 heterocycles. The molecule has 0 aromatic carbocycles. The van der Waals surface area contributed by atoms with Crippen LogP contribution in [0.1, 0.15) is 52.4 Å². The van der Waals surface area contributed by atoms with Gasteiger partial charge >= 0.3 is 0 Å². The third kappa shape index (κ3) is 3.49. The third-order valence-corrected chi connectivity index (χ3v) is 9.53. The average Bonchev–Trinajstić information content (AvgIpc) is 3.38. The Labute approximate surface area is 197 Å². The van der Waals surface area contributed by atoms with E-state index in [0.717, 1.165) is 66.6 Å². The van der Waals surface area contributed by atoms with Gasteiger partial charge in [-0.3, -0.25) is 4.79 Å². The summed E-state index contributed by atoms with van der Waals surface area (Å²) in [5.41, 5.74) is 8.39. The van der Waals surface area contributed by atoms with Crippen molar-refractivity contribution in [2.75, 3.05) is 12.8 Å². The van der Waals surface area contributed by atoms with Crippen molar-refractivity contribution < 1.29 is 13.2 Å². The van der Waals surface area contributed by atoms with Gasteiger partial charge < -0.3 is 9.80 Å². The Morgan fingerprint density at radius 1 is 1.03 bits per heavy atom. The fraction of sp³-hybridized carbons (Fsp3) is 0.519. The molecule has 6 heteroatoms. The Morgan fingerprint density at radius 3 is 2.06 bits per heavy atom. The van der Waals surface area contributed by atoms with Gasteiger partial charge in [-0.1, -0.05) is 30.9 Å². The van der Waals surface area contributed by atoms with E-state index in [9.17, 15) is 13.2 Å². The summed E-state index contributed by atoms with van der Waals surface area (Å²) in [5, 5.41) is -0.411. The van der Waals surface area contributed by atoms with Crippen molar-refractivity contribution in [1.82, 2.24) is 9.80 Å². The number of nitrogens with zero attached hydrogens (tertiary/aromatic N) is 2. The lowest BCUT2D eigenvalue weighted by Gasteiger charge is -2.44. The van der Waals surface area contributed by atoms with Crippen molar-refractivity contribution in [3.63, 3.8) is 0 Å². The van der Waals surface area contributed by atoms with Crippen molar-refractivity contribution in [3.8, 4) is 0 Å². The molecule has 0 radical (unpaired) electrons. The largest absolute Gasteiger partial charge is 0.342 e. The van der Waals surface area contributed by atoms with Crippen molar-refractivity contribution in [2.45, 2.75) is 63.7 Å². The van der Waals surface area contributed by atoms with Crippen molar-refractivity contribution in [1.29, 1.82) is 0 Å². The summed E-state index contributed by atoms with van der Waals surface area (Å²) in [6, 6.07) is 0.0167. The molecule has 1 unspecified atom stereocenters. The Kier molecular flexibility index (Phi) is 5.16. The number of hydrogen-bond acceptors (Lipinski definition) is 4. The van der Waals surface area contributed by atoms with Gasteiger partial charge in [-0.25, -0.2) is 8.42 Å². The van der Waals surface area contributed by atoms with Gasteiger partial charge in [0.15, 0.2) is 9.84 Å². The lowest BCUT2D eigenvalue weighted by atomic mass is 9.82. The van der Waals surface area contributed by atoms with Crippen LogP contribution in [0.2, 0.25) is 0 Å². The highest BCUT2D eigenvalue weighted by Crippen LogP contribution is 2.56. The zero-order chi connectivity index (χ0) is 23.8. The predicted molar refractivity (Wildman–Crippen MR) is 132 cm³/mol. The second-order valence-corrected chi connectivity index (χ2v) is 12.5. The van der Waals surface area contributed by atoms with E-state index in [2.05, 4.69) is 37.6 Å². The van der Waals surface area contributed by atoms with Crippen LogP contribution in [0.15, 0.2) is 70.8 Å². The number of sulfone groups is 1. The maximum Gasteiger partial charge on any atom is 0.224 e. The van der Waals surface area contributed by atoms with Crippen LogP contribution in [-0.2, 0) is 14.6 Å². The lowest BCUT2D eigenvalue weighted by molar-refractivity contribution is -0.129. The normalized spacial score (nSPS) is 30.6. The molecule has 1 atom stereocenters. The number of fused-ring (bicyclic) bond motifs is 4. The van der Waals surface area contributed by atoms with Crippen molar-refractivity contribution in [2.24, 2.45) is 11.8 Å². The number of carbonyl (C=O) groups excluding carboxylic acids is 1. The van der Waals surface area contributed by atoms with Crippen LogP contribution in [0.3, 0.4) is 0 Å². The number of allylic oxidation sites excluding steroid dienone is 5. The molecular weight excluding hydrogens is 432 g/mol. The number of amides is 1. The fourth-order valence-corrected chi connectivity index (χ4v) is 8.22. The Balaban J connectivity index is 1.54. The molecular formula is C27H34N2O3S. The summed E-state index contributed by atoms with van der Waals surface area (Å²) >= 11 is 0. The molecule has 5 nitrogen and oxygen atoms in total. The van der Waals surface area contributed by atoms with Gasteiger partial charge in [-0.05, 0) is 74.2 Å². The minimum atomic E-state index is -3.16. The molecule has 1 aliphatic heterocycles. The molecule has 4 fully saturated rings. The maximum atomic E-state index is 12.6. The number of carbonyl (C=O) groups is 1. The first-order valence-corrected chi connectivity index (χ1v) is 13.9. The minimum absolute atomic E-state index is 0.0117. The van der Waals surface area contributed by atoms with E-state index >= 15 is 0 Å². The molecule has 0 N–H and O–H groups in total. The Morgan fingerprint density at radius 2 is 1.58 bits per heavy atom. The first-order valence-electron chi connectivity index (χ1n) is 12.0. The average molecular weight is 467 g/mol. The van der Waals surface area contributed by atoms with Gasteiger partial charge in [-0.2, -0.15) is 0 Å². The topological polar surface area (TPSA) is 57.7 Å². The van der Waals surface area contributed by atoms with Gasteiger partial charge in [0, 0.05) is 31.3 Å².